The fourth-order valence-corrected chi connectivity index (χ4v) is 2.23. The highest BCUT2D eigenvalue weighted by molar-refractivity contribution is 5.05. The van der Waals surface area contributed by atoms with Crippen molar-refractivity contribution in [2.75, 3.05) is 6.61 Å². The zero-order valence-corrected chi connectivity index (χ0v) is 10.9. The Balaban J connectivity index is 2.36. The molecular weight excluding hydrogens is 266 g/mol. The molecule has 2 N–H and O–H groups in total. The number of aliphatic hydroxyl groups is 1. The number of azide groups is 1. The molecule has 3 atom stereocenters. The average Bonchev–Trinajstić information content (AvgIpc) is 2.82. The fraction of sp³-hybridized carbons (Fsp3) is 0.636. The molecule has 0 amide bonds. The summed E-state index contributed by atoms with van der Waals surface area (Å²) in [7, 11) is 0. The summed E-state index contributed by atoms with van der Waals surface area (Å²) < 4.78 is 6.77. The van der Waals surface area contributed by atoms with Crippen molar-refractivity contribution in [3.63, 3.8) is 0 Å². The van der Waals surface area contributed by atoms with Crippen molar-refractivity contribution in [3.05, 3.63) is 43.0 Å². The second-order valence-electron chi connectivity index (χ2n) is 4.49. The Bertz CT molecular complexity index is 645. The Labute approximate surface area is 113 Å². The van der Waals surface area contributed by atoms with Gasteiger partial charge in [0.25, 0.3) is 5.56 Å². The quantitative estimate of drug-likeness (QED) is 0.458. The van der Waals surface area contributed by atoms with Crippen LogP contribution in [0.3, 0.4) is 0 Å². The number of hydrogen-bond donors (Lipinski definition) is 2. The van der Waals surface area contributed by atoms with E-state index in [1.54, 1.807) is 6.92 Å². The molecule has 1 aliphatic rings. The monoisotopic (exact) mass is 281 g/mol. The van der Waals surface area contributed by atoms with E-state index in [1.807, 2.05) is 0 Å². The molecule has 0 bridgehead atoms. The maximum atomic E-state index is 11.8. The molecule has 1 unspecified atom stereocenters. The van der Waals surface area contributed by atoms with E-state index in [0.717, 1.165) is 0 Å². The number of ether oxygens (including phenoxy) is 1. The smallest absolute Gasteiger partial charge is 0.330 e. The minimum absolute atomic E-state index is 0.268. The summed E-state index contributed by atoms with van der Waals surface area (Å²) in [5, 5.41) is 12.7. The minimum atomic E-state index is -0.669. The number of H-pyrrole nitrogens is 1. The molecule has 1 aromatic heterocycles. The first-order valence-electron chi connectivity index (χ1n) is 6.25. The van der Waals surface area contributed by atoms with Gasteiger partial charge in [0.05, 0.1) is 18.8 Å². The number of aliphatic hydroxyl groups excluding tert-OH is 1. The van der Waals surface area contributed by atoms with Gasteiger partial charge in [-0.05, 0) is 12.0 Å². The third-order valence-electron chi connectivity index (χ3n) is 3.32. The van der Waals surface area contributed by atoms with Gasteiger partial charge < -0.3 is 9.84 Å². The summed E-state index contributed by atoms with van der Waals surface area (Å²) in [5.41, 5.74) is 7.93. The zero-order chi connectivity index (χ0) is 14.7. The van der Waals surface area contributed by atoms with Gasteiger partial charge in [-0.15, -0.1) is 0 Å². The molecule has 2 heterocycles. The number of nitrogens with one attached hydrogen (secondary N) is 1. The maximum Gasteiger partial charge on any atom is 0.330 e. The van der Waals surface area contributed by atoms with Crippen LogP contribution in [0, 0.1) is 0 Å². The van der Waals surface area contributed by atoms with E-state index in [0.29, 0.717) is 12.0 Å². The molecule has 0 radical (unpaired) electrons. The molecule has 1 saturated heterocycles. The Morgan fingerprint density at radius 3 is 3.00 bits per heavy atom. The van der Waals surface area contributed by atoms with E-state index in [1.165, 1.54) is 10.8 Å². The van der Waals surface area contributed by atoms with Gasteiger partial charge in [-0.25, -0.2) is 4.79 Å². The molecule has 0 spiro atoms. The normalized spacial score (nSPS) is 25.4. The van der Waals surface area contributed by atoms with Gasteiger partial charge in [0.15, 0.2) is 0 Å². The van der Waals surface area contributed by atoms with E-state index < -0.39 is 29.6 Å². The average molecular weight is 281 g/mol. The van der Waals surface area contributed by atoms with E-state index in [-0.39, 0.29) is 13.0 Å². The van der Waals surface area contributed by atoms with Gasteiger partial charge in [0.1, 0.15) is 6.23 Å². The van der Waals surface area contributed by atoms with E-state index >= 15 is 0 Å². The van der Waals surface area contributed by atoms with Crippen molar-refractivity contribution in [2.24, 2.45) is 5.11 Å². The number of hydrogen-bond acceptors (Lipinski definition) is 5. The van der Waals surface area contributed by atoms with Crippen LogP contribution in [0.5, 0.6) is 0 Å². The van der Waals surface area contributed by atoms with Gasteiger partial charge >= 0.3 is 5.69 Å². The van der Waals surface area contributed by atoms with Crippen LogP contribution in [0.1, 0.15) is 25.1 Å². The van der Waals surface area contributed by atoms with Gasteiger partial charge in [-0.3, -0.25) is 14.3 Å². The lowest BCUT2D eigenvalue weighted by molar-refractivity contribution is -0.0271. The van der Waals surface area contributed by atoms with Crippen LogP contribution in [-0.4, -0.2) is 33.4 Å². The van der Waals surface area contributed by atoms with Crippen molar-refractivity contribution in [2.45, 2.75) is 38.1 Å². The molecule has 2 rings (SSSR count). The van der Waals surface area contributed by atoms with Crippen molar-refractivity contribution >= 4 is 0 Å². The molecule has 108 valence electrons. The Kier molecular flexibility index (Phi) is 4.23. The van der Waals surface area contributed by atoms with Crippen molar-refractivity contribution in [3.8, 4) is 0 Å². The molecule has 0 aliphatic carbocycles. The summed E-state index contributed by atoms with van der Waals surface area (Å²) >= 11 is 0. The number of aromatic nitrogens is 2. The van der Waals surface area contributed by atoms with Crippen LogP contribution in [0.25, 0.3) is 10.4 Å². The Hall–Kier alpha value is -2.09. The van der Waals surface area contributed by atoms with Crippen LogP contribution < -0.4 is 11.2 Å². The predicted octanol–water partition coefficient (Wildman–Crippen LogP) is 0.0577. The molecule has 9 nitrogen and oxygen atoms in total. The van der Waals surface area contributed by atoms with Crippen LogP contribution in [-0.2, 0) is 11.2 Å². The number of nitrogens with zero attached hydrogens (tertiary/aromatic N) is 4. The van der Waals surface area contributed by atoms with Crippen LogP contribution in [0.2, 0.25) is 0 Å². The van der Waals surface area contributed by atoms with Crippen molar-refractivity contribution < 1.29 is 9.84 Å². The summed E-state index contributed by atoms with van der Waals surface area (Å²) in [6.07, 6.45) is 0.867. The molecule has 1 aromatic rings. The molecular formula is C11H15N5O4. The predicted molar refractivity (Wildman–Crippen MR) is 69.2 cm³/mol. The van der Waals surface area contributed by atoms with Crippen molar-refractivity contribution in [1.29, 1.82) is 0 Å². The number of aryl methyl sites for hydroxylation is 1. The van der Waals surface area contributed by atoms with Crippen molar-refractivity contribution in [1.82, 2.24) is 9.55 Å². The second kappa shape index (κ2) is 5.91. The van der Waals surface area contributed by atoms with Gasteiger partial charge in [-0.1, -0.05) is 12.0 Å². The fourth-order valence-electron chi connectivity index (χ4n) is 2.23. The first-order chi connectivity index (χ1) is 9.60. The first kappa shape index (κ1) is 14.3. The van der Waals surface area contributed by atoms with Gasteiger partial charge in [0.2, 0.25) is 0 Å². The largest absolute Gasteiger partial charge is 0.394 e. The third kappa shape index (κ3) is 2.60. The first-order valence-corrected chi connectivity index (χ1v) is 6.25. The highest BCUT2D eigenvalue weighted by atomic mass is 16.5. The number of aromatic amines is 1. The molecule has 0 saturated carbocycles. The lowest BCUT2D eigenvalue weighted by Crippen LogP contribution is -2.34. The summed E-state index contributed by atoms with van der Waals surface area (Å²) in [5.74, 6) is 0. The van der Waals surface area contributed by atoms with Crippen LogP contribution in [0.4, 0.5) is 0 Å². The second-order valence-corrected chi connectivity index (χ2v) is 4.49. The highest BCUT2D eigenvalue weighted by Crippen LogP contribution is 2.29. The number of rotatable bonds is 4. The zero-order valence-electron chi connectivity index (χ0n) is 10.9. The lowest BCUT2D eigenvalue weighted by atomic mass is 10.1. The third-order valence-corrected chi connectivity index (χ3v) is 3.32. The minimum Gasteiger partial charge on any atom is -0.394 e. The topological polar surface area (TPSA) is 133 Å². The summed E-state index contributed by atoms with van der Waals surface area (Å²) in [6.45, 7) is 1.49. The van der Waals surface area contributed by atoms with Gasteiger partial charge in [0, 0.05) is 23.1 Å². The van der Waals surface area contributed by atoms with E-state index in [2.05, 4.69) is 15.0 Å². The maximum absolute atomic E-state index is 11.8. The van der Waals surface area contributed by atoms with Gasteiger partial charge in [-0.2, -0.15) is 0 Å². The van der Waals surface area contributed by atoms with E-state index in [9.17, 15) is 14.7 Å². The highest BCUT2D eigenvalue weighted by Gasteiger charge is 2.35. The molecule has 1 aliphatic heterocycles. The van der Waals surface area contributed by atoms with Crippen LogP contribution >= 0.6 is 0 Å². The van der Waals surface area contributed by atoms with Crippen LogP contribution in [0.15, 0.2) is 20.9 Å². The molecule has 20 heavy (non-hydrogen) atoms. The molecule has 9 heteroatoms. The molecule has 1 fully saturated rings. The van der Waals surface area contributed by atoms with E-state index in [4.69, 9.17) is 10.3 Å². The molecule has 0 aromatic carbocycles. The Morgan fingerprint density at radius 2 is 2.40 bits per heavy atom. The summed E-state index contributed by atoms with van der Waals surface area (Å²) in [4.78, 5) is 28.2. The SMILES string of the molecule is CCc1cn([C@@H]2CC(N=[N+]=[N-])[C@H](CO)O2)c(=O)[nH]c1=O. The summed E-state index contributed by atoms with van der Waals surface area (Å²) in [6, 6.07) is -0.543. The Morgan fingerprint density at radius 1 is 1.65 bits per heavy atom. The lowest BCUT2D eigenvalue weighted by Gasteiger charge is -2.15. The standard InChI is InChI=1S/C11H15N5O4/c1-2-6-4-16(11(19)13-10(6)18)9-3-7(14-15-12)8(5-17)20-9/h4,7-9,17H,2-3,5H2,1H3,(H,13,18,19)/t7?,8-,9-/m0/s1.